The molecule has 0 unspecified atom stereocenters. The fourth-order valence-corrected chi connectivity index (χ4v) is 5.82. The van der Waals surface area contributed by atoms with E-state index >= 15 is 0 Å². The molecule has 0 radical (unpaired) electrons. The zero-order valence-electron chi connectivity index (χ0n) is 23.1. The maximum absolute atomic E-state index is 13.4. The number of aliphatic hydroxyl groups excluding tert-OH is 1. The van der Waals surface area contributed by atoms with Crippen molar-refractivity contribution in [1.29, 1.82) is 0 Å². The van der Waals surface area contributed by atoms with Gasteiger partial charge in [0.1, 0.15) is 5.76 Å². The van der Waals surface area contributed by atoms with Crippen LogP contribution in [-0.4, -0.2) is 107 Å². The Labute approximate surface area is 234 Å². The van der Waals surface area contributed by atoms with E-state index in [1.807, 2.05) is 0 Å². The molecule has 0 saturated carbocycles. The Kier molecular flexibility index (Phi) is 9.14. The van der Waals surface area contributed by atoms with Crippen LogP contribution in [0, 0.1) is 0 Å². The molecule has 2 heterocycles. The monoisotopic (exact) mass is 573 g/mol. The molecule has 1 atom stereocenters. The summed E-state index contributed by atoms with van der Waals surface area (Å²) in [6.07, 6.45) is 0.619. The molecule has 12 heteroatoms. The molecule has 40 heavy (non-hydrogen) atoms. The molecule has 0 aromatic heterocycles. The van der Waals surface area contributed by atoms with Crippen molar-refractivity contribution >= 4 is 27.5 Å². The fourth-order valence-electron chi connectivity index (χ4n) is 4.92. The van der Waals surface area contributed by atoms with Crippen molar-refractivity contribution in [1.82, 2.24) is 14.1 Å². The first kappa shape index (κ1) is 29.5. The number of likely N-dealkylation sites (tertiary alicyclic amines) is 1. The highest BCUT2D eigenvalue weighted by Gasteiger charge is 2.46. The number of benzene rings is 2. The van der Waals surface area contributed by atoms with E-state index < -0.39 is 27.8 Å². The van der Waals surface area contributed by atoms with E-state index in [1.54, 1.807) is 18.2 Å². The first-order chi connectivity index (χ1) is 19.1. The van der Waals surface area contributed by atoms with Gasteiger partial charge in [-0.05, 0) is 48.4 Å². The van der Waals surface area contributed by atoms with Crippen LogP contribution in [-0.2, 0) is 24.3 Å². The van der Waals surface area contributed by atoms with Crippen LogP contribution < -0.4 is 9.47 Å². The van der Waals surface area contributed by atoms with Crippen LogP contribution >= 0.6 is 0 Å². The molecule has 1 amide bonds. The van der Waals surface area contributed by atoms with Gasteiger partial charge in [0.2, 0.25) is 10.0 Å². The van der Waals surface area contributed by atoms with Crippen molar-refractivity contribution in [3.63, 3.8) is 0 Å². The number of hydrogen-bond acceptors (Lipinski definition) is 9. The van der Waals surface area contributed by atoms with Crippen LogP contribution in [0.1, 0.15) is 23.6 Å². The molecular formula is C28H35N3O8S. The second-order valence-electron chi connectivity index (χ2n) is 9.73. The van der Waals surface area contributed by atoms with Gasteiger partial charge >= 0.3 is 0 Å². The molecule has 2 saturated heterocycles. The molecule has 2 aromatic carbocycles. The van der Waals surface area contributed by atoms with Crippen LogP contribution in [0.15, 0.2) is 52.9 Å². The van der Waals surface area contributed by atoms with E-state index in [0.717, 1.165) is 23.9 Å². The van der Waals surface area contributed by atoms with E-state index in [-0.39, 0.29) is 28.3 Å². The van der Waals surface area contributed by atoms with Gasteiger partial charge in [-0.15, -0.1) is 0 Å². The third-order valence-electron chi connectivity index (χ3n) is 7.15. The number of rotatable bonds is 10. The topological polar surface area (TPSA) is 126 Å². The summed E-state index contributed by atoms with van der Waals surface area (Å²) in [4.78, 5) is 30.4. The van der Waals surface area contributed by atoms with Gasteiger partial charge in [-0.25, -0.2) is 12.7 Å². The smallest absolute Gasteiger partial charge is 0.295 e. The quantitative estimate of drug-likeness (QED) is 0.258. The maximum Gasteiger partial charge on any atom is 0.295 e. The average Bonchev–Trinajstić information content (AvgIpc) is 3.22. The Morgan fingerprint density at radius 2 is 1.65 bits per heavy atom. The Hall–Kier alpha value is -3.45. The number of aliphatic hydroxyl groups is 1. The summed E-state index contributed by atoms with van der Waals surface area (Å²) in [6.45, 7) is 3.94. The van der Waals surface area contributed by atoms with E-state index in [1.165, 1.54) is 57.5 Å². The number of ketones is 1. The first-order valence-electron chi connectivity index (χ1n) is 12.9. The standard InChI is InChI=1S/C28H35N3O8S/c1-29(2)40(35,36)21-9-6-19(7-10-21)26(32)24-25(20-8-11-22(37-3)23(18-20)38-4)31(28(34)27(24)33)13-5-12-30-14-16-39-17-15-30/h6-11,18,25,32H,5,12-17H2,1-4H3/b26-24+/t25-/m1/s1. The molecule has 11 nitrogen and oxygen atoms in total. The second kappa shape index (κ2) is 12.4. The predicted molar refractivity (Wildman–Crippen MR) is 148 cm³/mol. The highest BCUT2D eigenvalue weighted by atomic mass is 32.2. The van der Waals surface area contributed by atoms with E-state index in [4.69, 9.17) is 14.2 Å². The number of nitrogens with zero attached hydrogens (tertiary/aromatic N) is 3. The second-order valence-corrected chi connectivity index (χ2v) is 11.9. The number of Topliss-reactive ketones (excluding diaryl/α,β-unsaturated/α-hetero) is 1. The fraction of sp³-hybridized carbons (Fsp3) is 0.429. The zero-order valence-corrected chi connectivity index (χ0v) is 23.9. The van der Waals surface area contributed by atoms with Crippen LogP contribution in [0.5, 0.6) is 11.5 Å². The van der Waals surface area contributed by atoms with Crippen molar-refractivity contribution in [2.45, 2.75) is 17.4 Å². The maximum atomic E-state index is 13.4. The molecule has 0 spiro atoms. The molecule has 2 aliphatic heterocycles. The number of carbonyl (C=O) groups is 2. The normalized spacial score (nSPS) is 19.8. The van der Waals surface area contributed by atoms with Gasteiger partial charge in [0.15, 0.2) is 11.5 Å². The number of ether oxygens (including phenoxy) is 3. The summed E-state index contributed by atoms with van der Waals surface area (Å²) in [6, 6.07) is 9.77. The number of hydrogen-bond donors (Lipinski definition) is 1. The lowest BCUT2D eigenvalue weighted by Crippen LogP contribution is -2.38. The Bertz CT molecular complexity index is 1380. The largest absolute Gasteiger partial charge is 0.507 e. The lowest BCUT2D eigenvalue weighted by Gasteiger charge is -2.29. The summed E-state index contributed by atoms with van der Waals surface area (Å²) in [5.74, 6) is -1.02. The predicted octanol–water partition coefficient (Wildman–Crippen LogP) is 2.10. The zero-order chi connectivity index (χ0) is 29.0. The Morgan fingerprint density at radius 3 is 2.25 bits per heavy atom. The van der Waals surface area contributed by atoms with Crippen LogP contribution in [0.3, 0.4) is 0 Å². The van der Waals surface area contributed by atoms with Crippen LogP contribution in [0.2, 0.25) is 0 Å². The minimum Gasteiger partial charge on any atom is -0.507 e. The third-order valence-corrected chi connectivity index (χ3v) is 8.98. The minimum absolute atomic E-state index is 0.0362. The van der Waals surface area contributed by atoms with E-state index in [2.05, 4.69) is 4.90 Å². The molecular weight excluding hydrogens is 538 g/mol. The summed E-state index contributed by atoms with van der Waals surface area (Å²) in [5, 5.41) is 11.4. The molecule has 2 aliphatic rings. The van der Waals surface area contributed by atoms with Gasteiger partial charge in [0.25, 0.3) is 11.7 Å². The molecule has 1 N–H and O–H groups in total. The number of sulfonamides is 1. The van der Waals surface area contributed by atoms with E-state index in [0.29, 0.717) is 36.7 Å². The number of carbonyl (C=O) groups excluding carboxylic acids is 2. The van der Waals surface area contributed by atoms with Gasteiger partial charge in [-0.3, -0.25) is 14.5 Å². The summed E-state index contributed by atoms with van der Waals surface area (Å²) < 4.78 is 42.3. The van der Waals surface area contributed by atoms with Gasteiger partial charge in [0.05, 0.1) is 43.9 Å². The lowest BCUT2D eigenvalue weighted by atomic mass is 9.95. The highest BCUT2D eigenvalue weighted by Crippen LogP contribution is 2.42. The Morgan fingerprint density at radius 1 is 1.00 bits per heavy atom. The molecule has 0 aliphatic carbocycles. The van der Waals surface area contributed by atoms with Crippen molar-refractivity contribution in [3.8, 4) is 11.5 Å². The van der Waals surface area contributed by atoms with Crippen molar-refractivity contribution < 1.29 is 37.3 Å². The van der Waals surface area contributed by atoms with Crippen molar-refractivity contribution in [3.05, 3.63) is 59.2 Å². The van der Waals surface area contributed by atoms with Crippen LogP contribution in [0.25, 0.3) is 5.76 Å². The summed E-state index contributed by atoms with van der Waals surface area (Å²) in [5.41, 5.74) is 0.706. The molecule has 216 valence electrons. The van der Waals surface area contributed by atoms with Crippen molar-refractivity contribution in [2.24, 2.45) is 0 Å². The number of methoxy groups -OCH3 is 2. The first-order valence-corrected chi connectivity index (χ1v) is 14.4. The summed E-state index contributed by atoms with van der Waals surface area (Å²) >= 11 is 0. The highest BCUT2D eigenvalue weighted by molar-refractivity contribution is 7.89. The SMILES string of the molecule is COc1ccc([C@@H]2/C(=C(\O)c3ccc(S(=O)(=O)N(C)C)cc3)C(=O)C(=O)N2CCCN2CCOCC2)cc1OC. The number of amides is 1. The molecule has 2 fully saturated rings. The average molecular weight is 574 g/mol. The summed E-state index contributed by atoms with van der Waals surface area (Å²) in [7, 11) is 2.16. The molecule has 0 bridgehead atoms. The van der Waals surface area contributed by atoms with Gasteiger partial charge < -0.3 is 24.2 Å². The number of morpholine rings is 1. The third kappa shape index (κ3) is 5.85. The Balaban J connectivity index is 1.74. The molecule has 2 aromatic rings. The van der Waals surface area contributed by atoms with E-state index in [9.17, 15) is 23.1 Å². The van der Waals surface area contributed by atoms with Gasteiger partial charge in [-0.1, -0.05) is 6.07 Å². The van der Waals surface area contributed by atoms with Gasteiger partial charge in [0, 0.05) is 45.8 Å². The lowest BCUT2D eigenvalue weighted by molar-refractivity contribution is -0.140. The molecule has 4 rings (SSSR count). The minimum atomic E-state index is -3.69. The van der Waals surface area contributed by atoms with Crippen molar-refractivity contribution in [2.75, 3.05) is 67.7 Å². The van der Waals surface area contributed by atoms with Crippen LogP contribution in [0.4, 0.5) is 0 Å². The van der Waals surface area contributed by atoms with Gasteiger partial charge in [-0.2, -0.15) is 0 Å².